The molecular weight excluding hydrogens is 433 g/mol. The molecule has 0 unspecified atom stereocenters. The normalized spacial score (nSPS) is 13.8. The van der Waals surface area contributed by atoms with Gasteiger partial charge in [-0.15, -0.1) is 0 Å². The summed E-state index contributed by atoms with van der Waals surface area (Å²) in [7, 11) is 0. The van der Waals surface area contributed by atoms with Gasteiger partial charge in [0.25, 0.3) is 5.91 Å². The molecule has 1 aliphatic heterocycles. The molecule has 0 saturated carbocycles. The maximum absolute atomic E-state index is 11.9. The summed E-state index contributed by atoms with van der Waals surface area (Å²) in [5.41, 5.74) is 9.95. The summed E-state index contributed by atoms with van der Waals surface area (Å²) in [6.45, 7) is 3.93. The lowest BCUT2D eigenvalue weighted by Crippen LogP contribution is -2.43. The first-order valence-electron chi connectivity index (χ1n) is 10.1. The van der Waals surface area contributed by atoms with Gasteiger partial charge in [-0.05, 0) is 53.6 Å². The molecule has 1 fully saturated rings. The number of halogens is 2. The average Bonchev–Trinajstić information content (AvgIpc) is 2.77. The number of hydrogen-bond donors (Lipinski definition) is 3. The summed E-state index contributed by atoms with van der Waals surface area (Å²) < 4.78 is 0. The van der Waals surface area contributed by atoms with Crippen molar-refractivity contribution in [2.24, 2.45) is 5.73 Å². The van der Waals surface area contributed by atoms with Gasteiger partial charge in [-0.25, -0.2) is 4.98 Å². The Balaban J connectivity index is 1.57. The first-order valence-corrected chi connectivity index (χ1v) is 10.8. The molecule has 1 aliphatic rings. The van der Waals surface area contributed by atoms with E-state index in [-0.39, 0.29) is 5.69 Å². The predicted octanol–water partition coefficient (Wildman–Crippen LogP) is 4.23. The largest absolute Gasteiger partial charge is 0.369 e. The fraction of sp³-hybridized carbons (Fsp3) is 0.217. The highest BCUT2D eigenvalue weighted by Gasteiger charge is 2.14. The predicted molar refractivity (Wildman–Crippen MR) is 127 cm³/mol. The fourth-order valence-corrected chi connectivity index (χ4v) is 4.17. The molecule has 2 heterocycles. The number of benzene rings is 2. The summed E-state index contributed by atoms with van der Waals surface area (Å²) in [5.74, 6) is -0.595. The Kier molecular flexibility index (Phi) is 6.61. The van der Waals surface area contributed by atoms with Crippen molar-refractivity contribution in [2.45, 2.75) is 6.42 Å². The molecule has 1 saturated heterocycles. The van der Waals surface area contributed by atoms with Gasteiger partial charge < -0.3 is 21.3 Å². The van der Waals surface area contributed by atoms with Crippen molar-refractivity contribution in [3.63, 3.8) is 0 Å². The number of amides is 1. The molecule has 0 aliphatic carbocycles. The highest BCUT2D eigenvalue weighted by atomic mass is 35.5. The quantitative estimate of drug-likeness (QED) is 0.517. The molecule has 0 radical (unpaired) electrons. The van der Waals surface area contributed by atoms with Crippen molar-refractivity contribution in [3.05, 3.63) is 81.6 Å². The standard InChI is InChI=1S/C23H23Cl2N5O/c24-19-2-1-3-20(25)18(19)12-15-13-21(22(23(26)31)28-14-15)29-16-4-6-17(7-5-16)30-10-8-27-9-11-30/h1-7,13-14,27,29H,8-12H2,(H2,26,31). The SMILES string of the molecule is NC(=O)c1ncc(Cc2c(Cl)cccc2Cl)cc1Nc1ccc(N2CCNCC2)cc1. The van der Waals surface area contributed by atoms with Crippen LogP contribution in [0.3, 0.4) is 0 Å². The molecule has 3 aromatic rings. The van der Waals surface area contributed by atoms with E-state index >= 15 is 0 Å². The van der Waals surface area contributed by atoms with Crippen LogP contribution in [0.2, 0.25) is 10.0 Å². The fourth-order valence-electron chi connectivity index (χ4n) is 3.64. The number of hydrogen-bond acceptors (Lipinski definition) is 5. The molecule has 2 aromatic carbocycles. The minimum Gasteiger partial charge on any atom is -0.369 e. The average molecular weight is 456 g/mol. The van der Waals surface area contributed by atoms with E-state index in [0.29, 0.717) is 22.2 Å². The molecule has 4 rings (SSSR count). The highest BCUT2D eigenvalue weighted by Crippen LogP contribution is 2.29. The van der Waals surface area contributed by atoms with Crippen molar-refractivity contribution >= 4 is 46.2 Å². The number of nitrogens with two attached hydrogens (primary N) is 1. The first-order chi connectivity index (χ1) is 15.0. The number of pyridine rings is 1. The molecule has 160 valence electrons. The van der Waals surface area contributed by atoms with Crippen LogP contribution in [0.4, 0.5) is 17.1 Å². The van der Waals surface area contributed by atoms with Gasteiger partial charge in [0.05, 0.1) is 5.69 Å². The summed E-state index contributed by atoms with van der Waals surface area (Å²) in [6, 6.07) is 15.4. The second kappa shape index (κ2) is 9.56. The number of nitrogens with zero attached hydrogens (tertiary/aromatic N) is 2. The highest BCUT2D eigenvalue weighted by molar-refractivity contribution is 6.36. The molecule has 0 bridgehead atoms. The molecule has 1 aromatic heterocycles. The number of carbonyl (C=O) groups excluding carboxylic acids is 1. The number of anilines is 3. The monoisotopic (exact) mass is 455 g/mol. The third kappa shape index (κ3) is 5.10. The first kappa shape index (κ1) is 21.4. The van der Waals surface area contributed by atoms with E-state index in [4.69, 9.17) is 28.9 Å². The van der Waals surface area contributed by atoms with Crippen LogP contribution in [0.25, 0.3) is 0 Å². The van der Waals surface area contributed by atoms with Gasteiger partial charge in [0.1, 0.15) is 0 Å². The molecular formula is C23H23Cl2N5O. The van der Waals surface area contributed by atoms with E-state index in [0.717, 1.165) is 43.0 Å². The van der Waals surface area contributed by atoms with Gasteiger partial charge in [0.2, 0.25) is 0 Å². The number of primary amides is 1. The summed E-state index contributed by atoms with van der Waals surface area (Å²) in [4.78, 5) is 18.5. The minimum absolute atomic E-state index is 0.181. The van der Waals surface area contributed by atoms with Gasteiger partial charge in [-0.1, -0.05) is 29.3 Å². The van der Waals surface area contributed by atoms with Crippen LogP contribution in [0.1, 0.15) is 21.6 Å². The van der Waals surface area contributed by atoms with E-state index in [1.54, 1.807) is 24.4 Å². The lowest BCUT2D eigenvalue weighted by atomic mass is 10.1. The molecule has 8 heteroatoms. The van der Waals surface area contributed by atoms with Crippen molar-refractivity contribution < 1.29 is 4.79 Å². The topological polar surface area (TPSA) is 83.3 Å². The van der Waals surface area contributed by atoms with Crippen molar-refractivity contribution in [1.82, 2.24) is 10.3 Å². The Morgan fingerprint density at radius 3 is 2.42 bits per heavy atom. The summed E-state index contributed by atoms with van der Waals surface area (Å²) in [6.07, 6.45) is 2.11. The Morgan fingerprint density at radius 2 is 1.77 bits per heavy atom. The number of rotatable bonds is 6. The van der Waals surface area contributed by atoms with E-state index in [9.17, 15) is 4.79 Å². The van der Waals surface area contributed by atoms with Crippen molar-refractivity contribution in [2.75, 3.05) is 36.4 Å². The van der Waals surface area contributed by atoms with Crippen LogP contribution in [-0.4, -0.2) is 37.1 Å². The van der Waals surface area contributed by atoms with E-state index < -0.39 is 5.91 Å². The summed E-state index contributed by atoms with van der Waals surface area (Å²) in [5, 5.41) is 7.81. The van der Waals surface area contributed by atoms with Gasteiger partial charge in [0, 0.05) is 60.2 Å². The van der Waals surface area contributed by atoms with Crippen LogP contribution in [0.15, 0.2) is 54.7 Å². The van der Waals surface area contributed by atoms with E-state index in [1.165, 1.54) is 5.69 Å². The van der Waals surface area contributed by atoms with E-state index in [2.05, 4.69) is 32.7 Å². The second-order valence-electron chi connectivity index (χ2n) is 7.39. The van der Waals surface area contributed by atoms with Crippen LogP contribution < -0.4 is 21.3 Å². The Hall–Kier alpha value is -2.80. The maximum atomic E-state index is 11.9. The zero-order valence-corrected chi connectivity index (χ0v) is 18.4. The molecule has 31 heavy (non-hydrogen) atoms. The molecule has 0 spiro atoms. The Labute approximate surface area is 191 Å². The van der Waals surface area contributed by atoms with Crippen molar-refractivity contribution in [3.8, 4) is 0 Å². The Morgan fingerprint density at radius 1 is 1.10 bits per heavy atom. The van der Waals surface area contributed by atoms with Crippen LogP contribution in [0.5, 0.6) is 0 Å². The third-order valence-electron chi connectivity index (χ3n) is 5.25. The second-order valence-corrected chi connectivity index (χ2v) is 8.20. The lowest BCUT2D eigenvalue weighted by Gasteiger charge is -2.29. The summed E-state index contributed by atoms with van der Waals surface area (Å²) >= 11 is 12.6. The number of carbonyl (C=O) groups is 1. The van der Waals surface area contributed by atoms with Crippen molar-refractivity contribution in [1.29, 1.82) is 0 Å². The van der Waals surface area contributed by atoms with E-state index in [1.807, 2.05) is 18.2 Å². The maximum Gasteiger partial charge on any atom is 0.269 e. The smallest absolute Gasteiger partial charge is 0.269 e. The molecule has 1 amide bonds. The zero-order valence-electron chi connectivity index (χ0n) is 16.9. The third-order valence-corrected chi connectivity index (χ3v) is 5.96. The van der Waals surface area contributed by atoms with Gasteiger partial charge in [-0.2, -0.15) is 0 Å². The van der Waals surface area contributed by atoms with Crippen LogP contribution in [-0.2, 0) is 6.42 Å². The zero-order chi connectivity index (χ0) is 21.8. The minimum atomic E-state index is -0.595. The number of aromatic nitrogens is 1. The lowest BCUT2D eigenvalue weighted by molar-refractivity contribution is 0.0996. The number of piperazine rings is 1. The van der Waals surface area contributed by atoms with Crippen LogP contribution >= 0.6 is 23.2 Å². The van der Waals surface area contributed by atoms with Gasteiger partial charge >= 0.3 is 0 Å². The molecule has 0 atom stereocenters. The molecule has 4 N–H and O–H groups in total. The van der Waals surface area contributed by atoms with Gasteiger partial charge in [0.15, 0.2) is 5.69 Å². The molecule has 6 nitrogen and oxygen atoms in total. The van der Waals surface area contributed by atoms with Gasteiger partial charge in [-0.3, -0.25) is 4.79 Å². The Bertz CT molecular complexity index is 1060. The van der Waals surface area contributed by atoms with Crippen LogP contribution in [0, 0.1) is 0 Å². The number of nitrogens with one attached hydrogen (secondary N) is 2.